The molecule has 135 valence electrons. The maximum absolute atomic E-state index is 2.52. The van der Waals surface area contributed by atoms with E-state index in [1.165, 1.54) is 35.1 Å². The van der Waals surface area contributed by atoms with E-state index >= 15 is 0 Å². The Morgan fingerprint density at radius 3 is 2.36 bits per heavy atom. The topological polar surface area (TPSA) is 6.48 Å². The third-order valence-electron chi connectivity index (χ3n) is 5.88. The van der Waals surface area contributed by atoms with Crippen molar-refractivity contribution in [3.63, 3.8) is 0 Å². The van der Waals surface area contributed by atoms with Crippen LogP contribution in [-0.4, -0.2) is 34.3 Å². The van der Waals surface area contributed by atoms with E-state index in [1.807, 2.05) is 0 Å². The van der Waals surface area contributed by atoms with Gasteiger partial charge in [0.1, 0.15) is 0 Å². The second-order valence-corrected chi connectivity index (χ2v) is 11.9. The van der Waals surface area contributed by atoms with Gasteiger partial charge in [0.2, 0.25) is 0 Å². The molecule has 2 aromatic carbocycles. The summed E-state index contributed by atoms with van der Waals surface area (Å²) >= 11 is 0. The Morgan fingerprint density at radius 1 is 0.960 bits per heavy atom. The maximum Gasteiger partial charge on any atom is 0.0371 e. The highest BCUT2D eigenvalue weighted by Crippen LogP contribution is 2.27. The number of benzene rings is 2. The molecule has 3 rings (SSSR count). The molecule has 0 saturated carbocycles. The Morgan fingerprint density at radius 2 is 1.68 bits per heavy atom. The van der Waals surface area contributed by atoms with Gasteiger partial charge in [0.05, 0.1) is 0 Å². The molecule has 1 aliphatic heterocycles. The van der Waals surface area contributed by atoms with E-state index in [2.05, 4.69) is 86.1 Å². The first kappa shape index (κ1) is 18.1. The molecule has 2 nitrogen and oxygen atoms in total. The van der Waals surface area contributed by atoms with Gasteiger partial charge in [-0.3, -0.25) is 0 Å². The van der Waals surface area contributed by atoms with Crippen LogP contribution >= 0.6 is 0 Å². The van der Waals surface area contributed by atoms with Gasteiger partial charge < -0.3 is 9.80 Å². The van der Waals surface area contributed by atoms with E-state index in [0.717, 1.165) is 19.6 Å². The van der Waals surface area contributed by atoms with Gasteiger partial charge in [-0.15, -0.1) is 0 Å². The average Bonchev–Trinajstić information content (AvgIpc) is 3.05. The molecule has 0 aliphatic carbocycles. The van der Waals surface area contributed by atoms with Crippen LogP contribution in [0.2, 0.25) is 13.1 Å². The minimum absolute atomic E-state index is 1.06. The molecule has 0 fully saturated rings. The lowest BCUT2D eigenvalue weighted by Crippen LogP contribution is -2.53. The number of likely N-dealkylation sites (N-methyl/N-ethyl adjacent to an activating group) is 1. The van der Waals surface area contributed by atoms with E-state index < -0.39 is 8.07 Å². The summed E-state index contributed by atoms with van der Waals surface area (Å²) in [6, 6.07) is 16.5. The van der Waals surface area contributed by atoms with Crippen molar-refractivity contribution in [2.45, 2.75) is 40.3 Å². The first-order valence-corrected chi connectivity index (χ1v) is 12.7. The van der Waals surface area contributed by atoms with E-state index in [-0.39, 0.29) is 0 Å². The highest BCUT2D eigenvalue weighted by molar-refractivity contribution is 7.00. The van der Waals surface area contributed by atoms with Gasteiger partial charge in [0.25, 0.3) is 0 Å². The summed E-state index contributed by atoms with van der Waals surface area (Å²) in [5.74, 6) is 0. The van der Waals surface area contributed by atoms with Crippen molar-refractivity contribution in [2.75, 3.05) is 36.0 Å². The summed E-state index contributed by atoms with van der Waals surface area (Å²) < 4.78 is 0. The molecule has 0 amide bonds. The minimum atomic E-state index is -1.70. The third kappa shape index (κ3) is 3.34. The second kappa shape index (κ2) is 7.25. The fourth-order valence-corrected chi connectivity index (χ4v) is 6.36. The molecule has 1 heterocycles. The van der Waals surface area contributed by atoms with Crippen LogP contribution in [0.5, 0.6) is 0 Å². The fraction of sp³-hybridized carbons (Fsp3) is 0.455. The van der Waals surface area contributed by atoms with Crippen molar-refractivity contribution in [3.8, 4) is 0 Å². The Bertz CT molecular complexity index is 735. The van der Waals surface area contributed by atoms with Crippen molar-refractivity contribution < 1.29 is 0 Å². The fourth-order valence-electron chi connectivity index (χ4n) is 4.01. The third-order valence-corrected chi connectivity index (χ3v) is 9.39. The van der Waals surface area contributed by atoms with Crippen LogP contribution in [0.25, 0.3) is 0 Å². The minimum Gasteiger partial charge on any atom is -0.372 e. The number of hydrogen-bond acceptors (Lipinski definition) is 2. The first-order chi connectivity index (χ1) is 12.0. The predicted octanol–water partition coefficient (Wildman–Crippen LogP) is 3.74. The Labute approximate surface area is 154 Å². The van der Waals surface area contributed by atoms with Crippen molar-refractivity contribution in [2.24, 2.45) is 0 Å². The number of rotatable bonds is 6. The molecule has 2 aromatic rings. The number of hydrogen-bond donors (Lipinski definition) is 0. The molecule has 0 atom stereocenters. The molecule has 0 spiro atoms. The Balaban J connectivity index is 1.98. The molecular weight excluding hydrogens is 320 g/mol. The lowest BCUT2D eigenvalue weighted by atomic mass is 10.2. The summed E-state index contributed by atoms with van der Waals surface area (Å²) in [7, 11) is -1.70. The Kier molecular flexibility index (Phi) is 5.23. The van der Waals surface area contributed by atoms with Crippen LogP contribution in [0, 0.1) is 0 Å². The van der Waals surface area contributed by atoms with E-state index in [9.17, 15) is 0 Å². The van der Waals surface area contributed by atoms with E-state index in [1.54, 1.807) is 5.19 Å². The van der Waals surface area contributed by atoms with E-state index in [4.69, 9.17) is 0 Å². The number of nitrogens with zero attached hydrogens (tertiary/aromatic N) is 2. The molecule has 0 saturated heterocycles. The second-order valence-electron chi connectivity index (χ2n) is 7.52. The van der Waals surface area contributed by atoms with Crippen molar-refractivity contribution in [1.82, 2.24) is 0 Å². The highest BCUT2D eigenvalue weighted by Gasteiger charge is 2.20. The average molecular weight is 353 g/mol. The highest BCUT2D eigenvalue weighted by atomic mass is 28.3. The zero-order valence-electron chi connectivity index (χ0n) is 16.5. The molecule has 0 bridgehead atoms. The van der Waals surface area contributed by atoms with Crippen LogP contribution in [0.15, 0.2) is 42.5 Å². The standard InChI is InChI=1S/C22H32N2Si/c1-6-23(7-2)19-10-9-11-20(16-19)25(4,5)21-13-12-18-14-15-24(8-3)22(18)17-21/h9-13,16-17H,6-8,14-15H2,1-5H3/q-1. The van der Waals surface area contributed by atoms with Crippen LogP contribution in [0.3, 0.4) is 0 Å². The predicted molar refractivity (Wildman–Crippen MR) is 115 cm³/mol. The largest absolute Gasteiger partial charge is 0.372 e. The SMILES string of the molecule is CCN(CC)c1cccc([Si-](C)(C)c2ccc3c(c2)N(CC)CC3)c1. The normalized spacial score (nSPS) is 13.9. The Hall–Kier alpha value is -1.74. The summed E-state index contributed by atoms with van der Waals surface area (Å²) in [4.78, 5) is 4.96. The quantitative estimate of drug-likeness (QED) is 0.731. The molecule has 0 radical (unpaired) electrons. The summed E-state index contributed by atoms with van der Waals surface area (Å²) in [6.07, 6.45) is 1.20. The van der Waals surface area contributed by atoms with Crippen molar-refractivity contribution >= 4 is 29.8 Å². The summed E-state index contributed by atoms with van der Waals surface area (Å²) in [5.41, 5.74) is 4.35. The van der Waals surface area contributed by atoms with Crippen molar-refractivity contribution in [3.05, 3.63) is 48.0 Å². The van der Waals surface area contributed by atoms with Gasteiger partial charge in [-0.25, -0.2) is 0 Å². The molecule has 0 aromatic heterocycles. The van der Waals surface area contributed by atoms with Gasteiger partial charge in [-0.05, 0) is 38.8 Å². The van der Waals surface area contributed by atoms with Crippen LogP contribution < -0.4 is 20.2 Å². The summed E-state index contributed by atoms with van der Waals surface area (Å²) in [5, 5.41) is 3.07. The van der Waals surface area contributed by atoms with Crippen LogP contribution in [0.4, 0.5) is 11.4 Å². The van der Waals surface area contributed by atoms with Gasteiger partial charge in [0.15, 0.2) is 0 Å². The monoisotopic (exact) mass is 352 g/mol. The zero-order chi connectivity index (χ0) is 18.0. The molecule has 1 aliphatic rings. The number of fused-ring (bicyclic) bond motifs is 1. The smallest absolute Gasteiger partial charge is 0.0371 e. The molecular formula is C22H32N2Si-. The molecule has 3 heteroatoms. The van der Waals surface area contributed by atoms with Gasteiger partial charge in [0, 0.05) is 37.6 Å². The van der Waals surface area contributed by atoms with E-state index in [0.29, 0.717) is 0 Å². The molecule has 0 unspecified atom stereocenters. The molecule has 25 heavy (non-hydrogen) atoms. The lowest BCUT2D eigenvalue weighted by molar-refractivity contribution is 0.867. The maximum atomic E-state index is 2.52. The summed E-state index contributed by atoms with van der Waals surface area (Å²) in [6.45, 7) is 16.1. The van der Waals surface area contributed by atoms with Gasteiger partial charge >= 0.3 is 0 Å². The first-order valence-electron chi connectivity index (χ1n) is 9.75. The van der Waals surface area contributed by atoms with Gasteiger partial charge in [-0.1, -0.05) is 44.5 Å². The van der Waals surface area contributed by atoms with Crippen LogP contribution in [0.1, 0.15) is 26.3 Å². The zero-order valence-corrected chi connectivity index (χ0v) is 17.5. The van der Waals surface area contributed by atoms with Crippen molar-refractivity contribution in [1.29, 1.82) is 0 Å². The van der Waals surface area contributed by atoms with Crippen LogP contribution in [-0.2, 0) is 6.42 Å². The number of anilines is 2. The van der Waals surface area contributed by atoms with Gasteiger partial charge in [-0.2, -0.15) is 23.5 Å². The lowest BCUT2D eigenvalue weighted by Gasteiger charge is -2.38. The molecule has 0 N–H and O–H groups in total.